The molecule has 0 aromatic heterocycles. The van der Waals surface area contributed by atoms with Gasteiger partial charge in [0.05, 0.1) is 19.3 Å². The number of methoxy groups -OCH3 is 1. The summed E-state index contributed by atoms with van der Waals surface area (Å²) < 4.78 is 24.9. The van der Waals surface area contributed by atoms with Gasteiger partial charge in [0.25, 0.3) is 0 Å². The lowest BCUT2D eigenvalue weighted by Crippen LogP contribution is -2.45. The van der Waals surface area contributed by atoms with E-state index in [2.05, 4.69) is 93.7 Å². The molecule has 1 aliphatic carbocycles. The Labute approximate surface area is 279 Å². The first-order valence-electron chi connectivity index (χ1n) is 17.7. The van der Waals surface area contributed by atoms with E-state index in [1.165, 1.54) is 38.9 Å². The van der Waals surface area contributed by atoms with Gasteiger partial charge in [0, 0.05) is 25.7 Å². The molecule has 8 heteroatoms. The van der Waals surface area contributed by atoms with Crippen LogP contribution in [-0.2, 0) is 27.9 Å². The molecule has 262 valence electrons. The Balaban J connectivity index is 3.45. The summed E-state index contributed by atoms with van der Waals surface area (Å²) in [7, 11) is -2.67. The van der Waals surface area contributed by atoms with Gasteiger partial charge < -0.3 is 18.3 Å². The number of esters is 2. The molecule has 0 saturated heterocycles. The number of carbonyl (C=O) groups excluding carboxylic acids is 2. The summed E-state index contributed by atoms with van der Waals surface area (Å²) >= 11 is 0. The van der Waals surface area contributed by atoms with Crippen LogP contribution in [0.15, 0.2) is 23.5 Å². The number of hydrogen-bond donors (Lipinski definition) is 0. The van der Waals surface area contributed by atoms with Gasteiger partial charge in [0.1, 0.15) is 5.76 Å². The first-order chi connectivity index (χ1) is 20.6. The third-order valence-corrected chi connectivity index (χ3v) is 19.4. The fourth-order valence-corrected chi connectivity index (χ4v) is 8.05. The number of rotatable bonds is 19. The first-order valence-corrected chi connectivity index (χ1v) is 23.5. The summed E-state index contributed by atoms with van der Waals surface area (Å²) in [4.78, 5) is 23.8. The molecule has 0 amide bonds. The van der Waals surface area contributed by atoms with Gasteiger partial charge in [-0.15, -0.1) is 0 Å². The van der Waals surface area contributed by atoms with E-state index in [9.17, 15) is 9.59 Å². The standard InChI is InChI=1S/C37H70O6Si2/c1-15-16-21-28(2)26-30(42-44(11,12)36(4,5)6)24-25-32-31(22-19-17-18-20-23-35(39)40-10)33(41-29(3)38)27-34(32)43-45(13,14)37(7,8)9/h24-25,28,30,32,34H,15-23,26-27H2,1-14H3/b25-24+/t28-,30+,32+,34+/m0/s1. The number of unbranched alkanes of at least 4 members (excludes halogenated alkanes) is 4. The van der Waals surface area contributed by atoms with Crippen molar-refractivity contribution in [1.82, 2.24) is 0 Å². The maximum absolute atomic E-state index is 12.3. The minimum atomic E-state index is -2.10. The highest BCUT2D eigenvalue weighted by Gasteiger charge is 2.44. The van der Waals surface area contributed by atoms with Gasteiger partial charge in [-0.2, -0.15) is 0 Å². The Morgan fingerprint density at radius 3 is 2.07 bits per heavy atom. The van der Waals surface area contributed by atoms with E-state index < -0.39 is 16.6 Å². The molecular weight excluding hydrogens is 597 g/mol. The average molecular weight is 667 g/mol. The number of carbonyl (C=O) groups is 2. The van der Waals surface area contributed by atoms with Crippen molar-refractivity contribution in [1.29, 1.82) is 0 Å². The molecule has 0 heterocycles. The van der Waals surface area contributed by atoms with Crippen molar-refractivity contribution in [3.8, 4) is 0 Å². The van der Waals surface area contributed by atoms with E-state index in [0.29, 0.717) is 18.8 Å². The van der Waals surface area contributed by atoms with E-state index in [1.807, 2.05) is 0 Å². The van der Waals surface area contributed by atoms with Crippen LogP contribution in [0.1, 0.15) is 133 Å². The van der Waals surface area contributed by atoms with Crippen LogP contribution in [0.2, 0.25) is 36.3 Å². The summed E-state index contributed by atoms with van der Waals surface area (Å²) in [5, 5.41) is 0.183. The fourth-order valence-electron chi connectivity index (χ4n) is 5.42. The Morgan fingerprint density at radius 2 is 1.53 bits per heavy atom. The van der Waals surface area contributed by atoms with E-state index in [0.717, 1.165) is 44.3 Å². The van der Waals surface area contributed by atoms with Crippen LogP contribution >= 0.6 is 0 Å². The summed E-state index contributed by atoms with van der Waals surface area (Å²) in [5.41, 5.74) is 1.18. The summed E-state index contributed by atoms with van der Waals surface area (Å²) in [5.74, 6) is 0.956. The molecule has 0 fully saturated rings. The second kappa shape index (κ2) is 18.4. The zero-order valence-electron chi connectivity index (χ0n) is 31.7. The lowest BCUT2D eigenvalue weighted by Gasteiger charge is -2.40. The summed E-state index contributed by atoms with van der Waals surface area (Å²) in [6.07, 6.45) is 14.9. The van der Waals surface area contributed by atoms with E-state index >= 15 is 0 Å². The van der Waals surface area contributed by atoms with Crippen molar-refractivity contribution >= 4 is 28.6 Å². The van der Waals surface area contributed by atoms with Crippen LogP contribution in [0.5, 0.6) is 0 Å². The Hall–Kier alpha value is -1.23. The highest BCUT2D eigenvalue weighted by molar-refractivity contribution is 6.74. The molecule has 0 unspecified atom stereocenters. The van der Waals surface area contributed by atoms with Crippen LogP contribution in [0, 0.1) is 11.8 Å². The minimum absolute atomic E-state index is 0.0278. The minimum Gasteiger partial charge on any atom is -0.469 e. The lowest BCUT2D eigenvalue weighted by molar-refractivity contribution is -0.140. The van der Waals surface area contributed by atoms with Crippen LogP contribution in [0.3, 0.4) is 0 Å². The van der Waals surface area contributed by atoms with Crippen LogP contribution in [0.25, 0.3) is 0 Å². The predicted molar refractivity (Wildman–Crippen MR) is 193 cm³/mol. The van der Waals surface area contributed by atoms with Crippen molar-refractivity contribution in [2.75, 3.05) is 7.11 Å². The maximum Gasteiger partial charge on any atom is 0.307 e. The molecule has 0 aliphatic heterocycles. The van der Waals surface area contributed by atoms with Gasteiger partial charge in [-0.3, -0.25) is 9.59 Å². The first kappa shape index (κ1) is 41.8. The van der Waals surface area contributed by atoms with E-state index in [-0.39, 0.29) is 40.1 Å². The predicted octanol–water partition coefficient (Wildman–Crippen LogP) is 10.9. The Bertz CT molecular complexity index is 986. The number of hydrogen-bond acceptors (Lipinski definition) is 6. The monoisotopic (exact) mass is 666 g/mol. The Kier molecular flexibility index (Phi) is 17.0. The second-order valence-corrected chi connectivity index (χ2v) is 26.0. The van der Waals surface area contributed by atoms with Crippen LogP contribution < -0.4 is 0 Å². The molecule has 45 heavy (non-hydrogen) atoms. The topological polar surface area (TPSA) is 71.1 Å². The molecule has 0 radical (unpaired) electrons. The van der Waals surface area contributed by atoms with Crippen molar-refractivity contribution < 1.29 is 27.9 Å². The normalized spacial score (nSPS) is 19.7. The number of ether oxygens (including phenoxy) is 2. The SMILES string of the molecule is CCCC[C@H](C)C[C@@H](/C=C/[C@@H]1C(CCCCCCC(=O)OC)=C(OC(C)=O)C[C@H]1O[Si](C)(C)C(C)(C)C)O[Si](C)(C)C(C)(C)C. The molecule has 0 saturated carbocycles. The molecule has 1 aliphatic rings. The molecule has 0 aromatic rings. The molecule has 6 nitrogen and oxygen atoms in total. The second-order valence-electron chi connectivity index (χ2n) is 16.5. The largest absolute Gasteiger partial charge is 0.469 e. The Morgan fingerprint density at radius 1 is 0.933 bits per heavy atom. The van der Waals surface area contributed by atoms with Gasteiger partial charge in [-0.1, -0.05) is 99.6 Å². The summed E-state index contributed by atoms with van der Waals surface area (Å²) in [6.45, 7) is 29.1. The average Bonchev–Trinajstić information content (AvgIpc) is 3.20. The van der Waals surface area contributed by atoms with Gasteiger partial charge in [0.2, 0.25) is 0 Å². The van der Waals surface area contributed by atoms with Gasteiger partial charge >= 0.3 is 11.9 Å². The molecule has 0 spiro atoms. The zero-order chi connectivity index (χ0) is 34.6. The van der Waals surface area contributed by atoms with Crippen LogP contribution in [-0.4, -0.2) is 47.9 Å². The van der Waals surface area contributed by atoms with Crippen molar-refractivity contribution in [2.45, 2.75) is 181 Å². The quantitative estimate of drug-likeness (QED) is 0.0591. The smallest absolute Gasteiger partial charge is 0.307 e. The van der Waals surface area contributed by atoms with Gasteiger partial charge in [0.15, 0.2) is 16.6 Å². The van der Waals surface area contributed by atoms with Crippen molar-refractivity contribution in [3.05, 3.63) is 23.5 Å². The van der Waals surface area contributed by atoms with Crippen molar-refractivity contribution in [3.63, 3.8) is 0 Å². The third-order valence-electron chi connectivity index (χ3n) is 10.3. The van der Waals surface area contributed by atoms with Crippen LogP contribution in [0.4, 0.5) is 0 Å². The summed E-state index contributed by atoms with van der Waals surface area (Å²) in [6, 6.07) is 0. The highest BCUT2D eigenvalue weighted by atomic mass is 28.4. The highest BCUT2D eigenvalue weighted by Crippen LogP contribution is 2.45. The third kappa shape index (κ3) is 14.2. The lowest BCUT2D eigenvalue weighted by atomic mass is 9.92. The molecule has 0 N–H and O–H groups in total. The van der Waals surface area contributed by atoms with Gasteiger partial charge in [-0.05, 0) is 73.4 Å². The zero-order valence-corrected chi connectivity index (χ0v) is 33.7. The molecule has 0 aromatic carbocycles. The molecule has 4 atom stereocenters. The van der Waals surface area contributed by atoms with E-state index in [1.54, 1.807) is 0 Å². The maximum atomic E-state index is 12.3. The molecular formula is C37H70O6Si2. The molecule has 0 bridgehead atoms. The molecule has 1 rings (SSSR count). The van der Waals surface area contributed by atoms with Crippen molar-refractivity contribution in [2.24, 2.45) is 11.8 Å². The fraction of sp³-hybridized carbons (Fsp3) is 0.838. The van der Waals surface area contributed by atoms with E-state index in [4.69, 9.17) is 18.3 Å². The van der Waals surface area contributed by atoms with Gasteiger partial charge in [-0.25, -0.2) is 0 Å².